The van der Waals surface area contributed by atoms with Gasteiger partial charge in [0.25, 0.3) is 0 Å². The molecule has 20 heavy (non-hydrogen) atoms. The molecular weight excluding hydrogens is 314 g/mol. The predicted octanol–water partition coefficient (Wildman–Crippen LogP) is 4.05. The molecule has 0 saturated carbocycles. The largest absolute Gasteiger partial charge is 0.372 e. The van der Waals surface area contributed by atoms with Crippen LogP contribution in [0.3, 0.4) is 0 Å². The Hall–Kier alpha value is -1.42. The maximum Gasteiger partial charge on any atom is 0.144 e. The number of hydrogen-bond donors (Lipinski definition) is 1. The third-order valence-corrected chi connectivity index (χ3v) is 4.01. The monoisotopic (exact) mass is 333 g/mol. The van der Waals surface area contributed by atoms with Crippen LogP contribution in [0.5, 0.6) is 0 Å². The molecule has 1 heterocycles. The van der Waals surface area contributed by atoms with Gasteiger partial charge in [-0.2, -0.15) is 0 Å². The van der Waals surface area contributed by atoms with Crippen molar-refractivity contribution in [3.8, 4) is 0 Å². The Morgan fingerprint density at radius 2 is 1.75 bits per heavy atom. The molecule has 0 aliphatic rings. The molecule has 0 unspecified atom stereocenters. The van der Waals surface area contributed by atoms with Gasteiger partial charge in [0.1, 0.15) is 11.6 Å². The van der Waals surface area contributed by atoms with Crippen LogP contribution in [0.2, 0.25) is 0 Å². The van der Waals surface area contributed by atoms with E-state index in [0.29, 0.717) is 0 Å². The maximum absolute atomic E-state index is 4.66. The highest BCUT2D eigenvalue weighted by Crippen LogP contribution is 2.24. The molecule has 0 saturated heterocycles. The molecule has 2 rings (SSSR count). The van der Waals surface area contributed by atoms with E-state index in [2.05, 4.69) is 70.2 Å². The SMILES string of the molecule is CCc1nc(Cc2cc(C)cc(C)c2)nc(NC)c1Br. The molecule has 0 aliphatic carbocycles. The normalized spacial score (nSPS) is 10.7. The minimum Gasteiger partial charge on any atom is -0.372 e. The van der Waals surface area contributed by atoms with E-state index in [1.807, 2.05) is 7.05 Å². The van der Waals surface area contributed by atoms with E-state index in [4.69, 9.17) is 0 Å². The summed E-state index contributed by atoms with van der Waals surface area (Å²) in [5.74, 6) is 1.72. The van der Waals surface area contributed by atoms with Gasteiger partial charge in [-0.15, -0.1) is 0 Å². The molecule has 4 heteroatoms. The molecule has 2 aromatic rings. The van der Waals surface area contributed by atoms with Gasteiger partial charge < -0.3 is 5.32 Å². The Bertz CT molecular complexity index is 578. The number of anilines is 1. The first-order chi connectivity index (χ1) is 9.53. The van der Waals surface area contributed by atoms with Crippen molar-refractivity contribution in [2.45, 2.75) is 33.6 Å². The average molecular weight is 334 g/mol. The minimum atomic E-state index is 0.761. The Labute approximate surface area is 129 Å². The van der Waals surface area contributed by atoms with Gasteiger partial charge in [-0.25, -0.2) is 9.97 Å². The second-order valence-corrected chi connectivity index (χ2v) is 5.82. The van der Waals surface area contributed by atoms with E-state index in [1.165, 1.54) is 16.7 Å². The van der Waals surface area contributed by atoms with E-state index >= 15 is 0 Å². The summed E-state index contributed by atoms with van der Waals surface area (Å²) in [6.07, 6.45) is 1.65. The zero-order valence-electron chi connectivity index (χ0n) is 12.4. The van der Waals surface area contributed by atoms with Gasteiger partial charge in [-0.1, -0.05) is 36.2 Å². The summed E-state index contributed by atoms with van der Waals surface area (Å²) in [6, 6.07) is 6.58. The summed E-state index contributed by atoms with van der Waals surface area (Å²) in [6.45, 7) is 6.35. The fourth-order valence-electron chi connectivity index (χ4n) is 2.38. The summed E-state index contributed by atoms with van der Waals surface area (Å²) in [4.78, 5) is 9.24. The number of nitrogens with zero attached hydrogens (tertiary/aromatic N) is 2. The van der Waals surface area contributed by atoms with Crippen LogP contribution in [-0.4, -0.2) is 17.0 Å². The van der Waals surface area contributed by atoms with Crippen molar-refractivity contribution in [1.29, 1.82) is 0 Å². The van der Waals surface area contributed by atoms with Gasteiger partial charge in [-0.05, 0) is 41.8 Å². The van der Waals surface area contributed by atoms with Crippen molar-refractivity contribution in [2.75, 3.05) is 12.4 Å². The molecule has 0 amide bonds. The molecule has 1 aromatic heterocycles. The second-order valence-electron chi connectivity index (χ2n) is 5.03. The van der Waals surface area contributed by atoms with Crippen LogP contribution >= 0.6 is 15.9 Å². The summed E-state index contributed by atoms with van der Waals surface area (Å²) >= 11 is 3.56. The van der Waals surface area contributed by atoms with Crippen LogP contribution in [0.1, 0.15) is 35.1 Å². The topological polar surface area (TPSA) is 37.8 Å². The van der Waals surface area contributed by atoms with E-state index in [0.717, 1.165) is 34.7 Å². The molecule has 0 bridgehead atoms. The minimum absolute atomic E-state index is 0.761. The fraction of sp³-hybridized carbons (Fsp3) is 0.375. The summed E-state index contributed by atoms with van der Waals surface area (Å²) in [5, 5.41) is 3.12. The zero-order valence-corrected chi connectivity index (χ0v) is 14.0. The lowest BCUT2D eigenvalue weighted by Crippen LogP contribution is -2.06. The molecule has 0 aliphatic heterocycles. The average Bonchev–Trinajstić information content (AvgIpc) is 2.39. The van der Waals surface area contributed by atoms with E-state index in [-0.39, 0.29) is 0 Å². The lowest BCUT2D eigenvalue weighted by Gasteiger charge is -2.10. The van der Waals surface area contributed by atoms with Gasteiger partial charge in [0, 0.05) is 13.5 Å². The van der Waals surface area contributed by atoms with E-state index < -0.39 is 0 Å². The molecule has 3 nitrogen and oxygen atoms in total. The number of aromatic nitrogens is 2. The van der Waals surface area contributed by atoms with Gasteiger partial charge >= 0.3 is 0 Å². The quantitative estimate of drug-likeness (QED) is 0.917. The van der Waals surface area contributed by atoms with Crippen molar-refractivity contribution in [2.24, 2.45) is 0 Å². The van der Waals surface area contributed by atoms with Gasteiger partial charge in [-0.3, -0.25) is 0 Å². The Morgan fingerprint density at radius 1 is 1.10 bits per heavy atom. The summed E-state index contributed by atoms with van der Waals surface area (Å²) in [5.41, 5.74) is 4.86. The highest BCUT2D eigenvalue weighted by Gasteiger charge is 2.10. The first-order valence-corrected chi connectivity index (χ1v) is 7.63. The summed E-state index contributed by atoms with van der Waals surface area (Å²) in [7, 11) is 1.88. The molecule has 0 spiro atoms. The van der Waals surface area contributed by atoms with Crippen LogP contribution in [0.15, 0.2) is 22.7 Å². The summed E-state index contributed by atoms with van der Waals surface area (Å²) < 4.78 is 0.965. The first-order valence-electron chi connectivity index (χ1n) is 6.83. The molecule has 0 radical (unpaired) electrons. The van der Waals surface area contributed by atoms with Crippen molar-refractivity contribution in [1.82, 2.24) is 9.97 Å². The van der Waals surface area contributed by atoms with Crippen LogP contribution in [0.25, 0.3) is 0 Å². The van der Waals surface area contributed by atoms with Gasteiger partial charge in [0.15, 0.2) is 0 Å². The lowest BCUT2D eigenvalue weighted by atomic mass is 10.0. The van der Waals surface area contributed by atoms with Crippen LogP contribution < -0.4 is 5.32 Å². The van der Waals surface area contributed by atoms with Crippen molar-refractivity contribution in [3.05, 3.63) is 50.9 Å². The maximum atomic E-state index is 4.66. The third-order valence-electron chi connectivity index (χ3n) is 3.18. The van der Waals surface area contributed by atoms with Gasteiger partial charge in [0.2, 0.25) is 0 Å². The number of nitrogens with one attached hydrogen (secondary N) is 1. The molecule has 1 N–H and O–H groups in total. The number of halogens is 1. The molecular formula is C16H20BrN3. The number of aryl methyl sites for hydroxylation is 3. The third kappa shape index (κ3) is 3.37. The Balaban J connectivity index is 2.38. The highest BCUT2D eigenvalue weighted by molar-refractivity contribution is 9.10. The van der Waals surface area contributed by atoms with E-state index in [9.17, 15) is 0 Å². The smallest absolute Gasteiger partial charge is 0.144 e. The van der Waals surface area contributed by atoms with Crippen molar-refractivity contribution >= 4 is 21.7 Å². The standard InChI is InChI=1S/C16H20BrN3/c1-5-13-15(17)16(18-4)20-14(19-13)9-12-7-10(2)6-11(3)8-12/h6-8H,5,9H2,1-4H3,(H,18,19,20). The van der Waals surface area contributed by atoms with Crippen molar-refractivity contribution in [3.63, 3.8) is 0 Å². The predicted molar refractivity (Wildman–Crippen MR) is 87.4 cm³/mol. The number of rotatable bonds is 4. The Kier molecular flexibility index (Phi) is 4.76. The first kappa shape index (κ1) is 15.0. The molecule has 0 fully saturated rings. The second kappa shape index (κ2) is 6.35. The van der Waals surface area contributed by atoms with Gasteiger partial charge in [0.05, 0.1) is 10.2 Å². The number of hydrogen-bond acceptors (Lipinski definition) is 3. The zero-order chi connectivity index (χ0) is 14.7. The Morgan fingerprint density at radius 3 is 2.30 bits per heavy atom. The van der Waals surface area contributed by atoms with Crippen LogP contribution in [-0.2, 0) is 12.8 Å². The lowest BCUT2D eigenvalue weighted by molar-refractivity contribution is 0.897. The van der Waals surface area contributed by atoms with Crippen LogP contribution in [0.4, 0.5) is 5.82 Å². The van der Waals surface area contributed by atoms with Crippen molar-refractivity contribution < 1.29 is 0 Å². The molecule has 1 aromatic carbocycles. The molecule has 0 atom stereocenters. The fourth-order valence-corrected chi connectivity index (χ4v) is 3.03. The molecule has 106 valence electrons. The van der Waals surface area contributed by atoms with Crippen LogP contribution in [0, 0.1) is 13.8 Å². The highest BCUT2D eigenvalue weighted by atomic mass is 79.9. The van der Waals surface area contributed by atoms with E-state index in [1.54, 1.807) is 0 Å². The number of benzene rings is 1.